The number of carbonyl (C=O) groups is 1. The molecule has 1 heterocycles. The van der Waals surface area contributed by atoms with E-state index in [4.69, 9.17) is 13.6 Å². The molecule has 0 saturated carbocycles. The number of nitrogen functional groups attached to an aromatic ring is 1. The maximum Gasteiger partial charge on any atom is 0.153 e. The van der Waals surface area contributed by atoms with Crippen LogP contribution in [0, 0.1) is 0 Å². The Morgan fingerprint density at radius 2 is 2.40 bits per heavy atom. The largest absolute Gasteiger partial charge is 0.383 e. The Balaban J connectivity index is 3.21. The van der Waals surface area contributed by atoms with Crippen LogP contribution in [0.15, 0.2) is 12.3 Å². The minimum absolute atomic E-state index is 0.212. The molecule has 0 fully saturated rings. The van der Waals surface area contributed by atoms with E-state index in [2.05, 4.69) is 4.98 Å². The minimum Gasteiger partial charge on any atom is -0.383 e. The molecule has 1 aromatic heterocycles. The van der Waals surface area contributed by atoms with Crippen LogP contribution in [0.3, 0.4) is 0 Å². The van der Waals surface area contributed by atoms with E-state index >= 15 is 0 Å². The summed E-state index contributed by atoms with van der Waals surface area (Å²) in [4.78, 5) is 13.9. The standard InChI is InChI=1S/C6H5BN2O/c7-5-1-4(3-10)6(8)9-2-5/h1-3H,(H2,8,9). The number of carbonyl (C=O) groups excluding carboxylic acids is 1. The fourth-order valence-electron chi connectivity index (χ4n) is 0.604. The summed E-state index contributed by atoms with van der Waals surface area (Å²) in [6.07, 6.45) is 2.03. The third kappa shape index (κ3) is 1.15. The Hall–Kier alpha value is -1.32. The molecule has 0 amide bonds. The molecule has 3 nitrogen and oxygen atoms in total. The van der Waals surface area contributed by atoms with Crippen LogP contribution < -0.4 is 11.2 Å². The average molecular weight is 132 g/mol. The van der Waals surface area contributed by atoms with Crippen molar-refractivity contribution in [2.75, 3.05) is 5.73 Å². The van der Waals surface area contributed by atoms with E-state index in [-0.39, 0.29) is 5.82 Å². The van der Waals surface area contributed by atoms with Crippen LogP contribution in [-0.2, 0) is 0 Å². The molecule has 10 heavy (non-hydrogen) atoms. The number of aromatic nitrogens is 1. The highest BCUT2D eigenvalue weighted by Gasteiger charge is 1.96. The first-order valence-corrected chi connectivity index (χ1v) is 2.70. The Labute approximate surface area is 59.7 Å². The summed E-state index contributed by atoms with van der Waals surface area (Å²) in [5.74, 6) is 0.212. The van der Waals surface area contributed by atoms with Gasteiger partial charge in [-0.15, -0.1) is 0 Å². The van der Waals surface area contributed by atoms with E-state index in [1.54, 1.807) is 0 Å². The van der Waals surface area contributed by atoms with E-state index in [0.717, 1.165) is 0 Å². The Morgan fingerprint density at radius 3 is 2.90 bits per heavy atom. The smallest absolute Gasteiger partial charge is 0.153 e. The number of nitrogens with two attached hydrogens (primary N) is 1. The SMILES string of the molecule is [B]c1cnc(N)c(C=O)c1. The molecule has 2 N–H and O–H groups in total. The minimum atomic E-state index is 0.212. The lowest BCUT2D eigenvalue weighted by Gasteiger charge is -1.96. The van der Waals surface area contributed by atoms with Crippen LogP contribution in [0.1, 0.15) is 10.4 Å². The van der Waals surface area contributed by atoms with Crippen molar-refractivity contribution in [3.8, 4) is 0 Å². The lowest BCUT2D eigenvalue weighted by atomic mass is 9.97. The molecule has 4 heteroatoms. The molecule has 0 unspecified atom stereocenters. The first-order valence-electron chi connectivity index (χ1n) is 2.70. The van der Waals surface area contributed by atoms with Gasteiger partial charge in [-0.2, -0.15) is 0 Å². The Bertz CT molecular complexity index is 262. The van der Waals surface area contributed by atoms with E-state index < -0.39 is 0 Å². The van der Waals surface area contributed by atoms with Gasteiger partial charge in [0.25, 0.3) is 0 Å². The van der Waals surface area contributed by atoms with Crippen molar-refractivity contribution in [1.82, 2.24) is 4.98 Å². The molecule has 0 aliphatic heterocycles. The second-order valence-electron chi connectivity index (χ2n) is 1.86. The van der Waals surface area contributed by atoms with Gasteiger partial charge in [-0.1, -0.05) is 11.5 Å². The molecule has 0 saturated heterocycles. The van der Waals surface area contributed by atoms with Crippen molar-refractivity contribution >= 4 is 25.4 Å². The average Bonchev–Trinajstić information content (AvgIpc) is 1.94. The number of rotatable bonds is 1. The van der Waals surface area contributed by atoms with Gasteiger partial charge >= 0.3 is 0 Å². The summed E-state index contributed by atoms with van der Waals surface area (Å²) in [5, 5.41) is 0. The summed E-state index contributed by atoms with van der Waals surface area (Å²) in [5.41, 5.74) is 6.08. The van der Waals surface area contributed by atoms with Gasteiger partial charge in [0.2, 0.25) is 0 Å². The summed E-state index contributed by atoms with van der Waals surface area (Å²) >= 11 is 0. The molecule has 0 bridgehead atoms. The first-order chi connectivity index (χ1) is 4.74. The van der Waals surface area contributed by atoms with Crippen LogP contribution in [0.5, 0.6) is 0 Å². The van der Waals surface area contributed by atoms with Gasteiger partial charge in [0.15, 0.2) is 6.29 Å². The van der Waals surface area contributed by atoms with Gasteiger partial charge in [-0.3, -0.25) is 4.79 Å². The van der Waals surface area contributed by atoms with Crippen LogP contribution in [0.4, 0.5) is 5.82 Å². The molecule has 0 aliphatic carbocycles. The van der Waals surface area contributed by atoms with Crippen LogP contribution in [-0.4, -0.2) is 19.1 Å². The van der Waals surface area contributed by atoms with E-state index in [9.17, 15) is 4.79 Å². The summed E-state index contributed by atoms with van der Waals surface area (Å²) in [7, 11) is 5.33. The van der Waals surface area contributed by atoms with Crippen molar-refractivity contribution < 1.29 is 4.79 Å². The zero-order valence-electron chi connectivity index (χ0n) is 5.24. The second kappa shape index (κ2) is 2.52. The monoisotopic (exact) mass is 132 g/mol. The molecule has 0 spiro atoms. The third-order valence-corrected chi connectivity index (χ3v) is 1.10. The fraction of sp³-hybridized carbons (Fsp3) is 0. The summed E-state index contributed by atoms with van der Waals surface area (Å²) in [6, 6.07) is 1.48. The number of aldehydes is 1. The molecule has 1 aromatic rings. The van der Waals surface area contributed by atoms with Crippen molar-refractivity contribution in [3.63, 3.8) is 0 Å². The summed E-state index contributed by atoms with van der Waals surface area (Å²) in [6.45, 7) is 0. The lowest BCUT2D eigenvalue weighted by molar-refractivity contribution is 0.112. The van der Waals surface area contributed by atoms with Gasteiger partial charge in [0, 0.05) is 6.20 Å². The predicted octanol–water partition coefficient (Wildman–Crippen LogP) is -0.730. The van der Waals surface area contributed by atoms with Crippen LogP contribution in [0.25, 0.3) is 0 Å². The third-order valence-electron chi connectivity index (χ3n) is 1.10. The second-order valence-corrected chi connectivity index (χ2v) is 1.86. The molecule has 1 rings (SSSR count). The Kier molecular flexibility index (Phi) is 1.71. The van der Waals surface area contributed by atoms with Crippen LogP contribution in [0.2, 0.25) is 0 Å². The van der Waals surface area contributed by atoms with Crippen LogP contribution >= 0.6 is 0 Å². The maximum atomic E-state index is 10.2. The van der Waals surface area contributed by atoms with Gasteiger partial charge in [0.1, 0.15) is 13.7 Å². The Morgan fingerprint density at radius 1 is 1.70 bits per heavy atom. The zero-order valence-corrected chi connectivity index (χ0v) is 5.24. The molecule has 0 aliphatic rings. The number of nitrogens with zero attached hydrogens (tertiary/aromatic N) is 1. The highest BCUT2D eigenvalue weighted by Crippen LogP contribution is 1.99. The first kappa shape index (κ1) is 6.80. The molecule has 2 radical (unpaired) electrons. The predicted molar refractivity (Wildman–Crippen MR) is 39.4 cm³/mol. The molecular weight excluding hydrogens is 127 g/mol. The number of hydrogen-bond donors (Lipinski definition) is 1. The van der Waals surface area contributed by atoms with E-state index in [1.165, 1.54) is 12.3 Å². The summed E-state index contributed by atoms with van der Waals surface area (Å²) < 4.78 is 0. The van der Waals surface area contributed by atoms with E-state index in [1.807, 2.05) is 0 Å². The zero-order chi connectivity index (χ0) is 7.56. The molecule has 48 valence electrons. The maximum absolute atomic E-state index is 10.2. The van der Waals surface area contributed by atoms with Crippen molar-refractivity contribution in [3.05, 3.63) is 17.8 Å². The molecular formula is C6H5BN2O. The van der Waals surface area contributed by atoms with Gasteiger partial charge in [0.05, 0.1) is 5.56 Å². The highest BCUT2D eigenvalue weighted by atomic mass is 16.1. The van der Waals surface area contributed by atoms with Gasteiger partial charge < -0.3 is 5.73 Å². The van der Waals surface area contributed by atoms with E-state index in [0.29, 0.717) is 17.3 Å². The number of pyridine rings is 1. The topological polar surface area (TPSA) is 56.0 Å². The quantitative estimate of drug-likeness (QED) is 0.404. The van der Waals surface area contributed by atoms with Crippen molar-refractivity contribution in [2.24, 2.45) is 0 Å². The van der Waals surface area contributed by atoms with Gasteiger partial charge in [-0.05, 0) is 0 Å². The van der Waals surface area contributed by atoms with Crippen molar-refractivity contribution in [1.29, 1.82) is 0 Å². The van der Waals surface area contributed by atoms with Crippen molar-refractivity contribution in [2.45, 2.75) is 0 Å². The molecule has 0 atom stereocenters. The van der Waals surface area contributed by atoms with Gasteiger partial charge in [-0.25, -0.2) is 4.98 Å². The molecule has 0 aromatic carbocycles. The normalized spacial score (nSPS) is 9.20. The fourth-order valence-corrected chi connectivity index (χ4v) is 0.604. The number of anilines is 1. The highest BCUT2D eigenvalue weighted by molar-refractivity contribution is 6.32. The lowest BCUT2D eigenvalue weighted by Crippen LogP contribution is -2.07. The number of hydrogen-bond acceptors (Lipinski definition) is 3.